The summed E-state index contributed by atoms with van der Waals surface area (Å²) in [5, 5.41) is 10.2. The van der Waals surface area contributed by atoms with E-state index in [1.165, 1.54) is 0 Å². The minimum atomic E-state index is -0.508. The highest BCUT2D eigenvalue weighted by Gasteiger charge is 2.13. The van der Waals surface area contributed by atoms with E-state index in [4.69, 9.17) is 17.3 Å². The van der Waals surface area contributed by atoms with Crippen LogP contribution in [0.25, 0.3) is 0 Å². The van der Waals surface area contributed by atoms with Gasteiger partial charge in [0.25, 0.3) is 0 Å². The summed E-state index contributed by atoms with van der Waals surface area (Å²) in [7, 11) is 0. The Balaban J connectivity index is 0.00000196. The van der Waals surface area contributed by atoms with Crippen LogP contribution in [0.3, 0.4) is 0 Å². The fraction of sp³-hybridized carbons (Fsp3) is 0.400. The van der Waals surface area contributed by atoms with Gasteiger partial charge in [-0.3, -0.25) is 4.39 Å². The maximum atomic E-state index is 12.1. The van der Waals surface area contributed by atoms with E-state index in [0.29, 0.717) is 16.1 Å². The van der Waals surface area contributed by atoms with Crippen LogP contribution >= 0.6 is 24.0 Å². The number of benzene rings is 1. The number of nitrogens with two attached hydrogens (primary N) is 1. The Kier molecular flexibility index (Phi) is 5.95. The molecule has 0 aliphatic carbocycles. The number of halogens is 3. The quantitative estimate of drug-likeness (QED) is 0.870. The highest BCUT2D eigenvalue weighted by atomic mass is 35.5. The average molecular weight is 254 g/mol. The minimum absolute atomic E-state index is 0. The molecule has 15 heavy (non-hydrogen) atoms. The van der Waals surface area contributed by atoms with Crippen molar-refractivity contribution in [3.05, 3.63) is 28.3 Å². The molecule has 0 aliphatic rings. The molecule has 0 saturated heterocycles. The van der Waals surface area contributed by atoms with Crippen molar-refractivity contribution in [3.8, 4) is 5.75 Å². The van der Waals surface area contributed by atoms with Crippen molar-refractivity contribution < 1.29 is 9.50 Å². The Morgan fingerprint density at radius 1 is 1.53 bits per heavy atom. The molecule has 1 aromatic carbocycles. The van der Waals surface area contributed by atoms with Crippen molar-refractivity contribution in [2.75, 3.05) is 6.67 Å². The van der Waals surface area contributed by atoms with Gasteiger partial charge in [0, 0.05) is 16.6 Å². The fourth-order valence-electron chi connectivity index (χ4n) is 1.32. The second kappa shape index (κ2) is 6.16. The van der Waals surface area contributed by atoms with Gasteiger partial charge in [0.2, 0.25) is 0 Å². The van der Waals surface area contributed by atoms with Crippen LogP contribution in [0.4, 0.5) is 4.39 Å². The molecule has 1 aromatic rings. The third kappa shape index (κ3) is 3.52. The van der Waals surface area contributed by atoms with Crippen LogP contribution in [0.1, 0.15) is 23.6 Å². The van der Waals surface area contributed by atoms with Crippen LogP contribution in [-0.2, 0) is 0 Å². The van der Waals surface area contributed by atoms with Crippen LogP contribution < -0.4 is 5.73 Å². The molecule has 0 fully saturated rings. The molecule has 0 heterocycles. The number of aryl methyl sites for hydroxylation is 1. The average Bonchev–Trinajstić information content (AvgIpc) is 2.11. The molecule has 2 nitrogen and oxygen atoms in total. The van der Waals surface area contributed by atoms with Crippen molar-refractivity contribution in [1.82, 2.24) is 0 Å². The summed E-state index contributed by atoms with van der Waals surface area (Å²) in [6.45, 7) is 1.22. The molecular weight excluding hydrogens is 240 g/mol. The standard InChI is InChI=1S/C10H13ClFNO.ClH/c1-6-4-7(11)5-8(10(6)14)9(13)2-3-12;/h4-5,9,14H,2-3,13H2,1H3;1H/t9-;/m1./s1. The highest BCUT2D eigenvalue weighted by molar-refractivity contribution is 6.30. The van der Waals surface area contributed by atoms with Crippen LogP contribution in [0.15, 0.2) is 12.1 Å². The number of hydrogen-bond acceptors (Lipinski definition) is 2. The number of phenols is 1. The number of alkyl halides is 1. The molecule has 0 bridgehead atoms. The molecule has 1 atom stereocenters. The SMILES string of the molecule is Cc1cc(Cl)cc([C@H](N)CCF)c1O.Cl. The monoisotopic (exact) mass is 253 g/mol. The fourth-order valence-corrected chi connectivity index (χ4v) is 1.60. The first-order valence-electron chi connectivity index (χ1n) is 4.36. The van der Waals surface area contributed by atoms with Gasteiger partial charge >= 0.3 is 0 Å². The minimum Gasteiger partial charge on any atom is -0.507 e. The lowest BCUT2D eigenvalue weighted by Crippen LogP contribution is -2.11. The lowest BCUT2D eigenvalue weighted by atomic mass is 10.0. The molecule has 0 unspecified atom stereocenters. The number of aromatic hydroxyl groups is 1. The Morgan fingerprint density at radius 2 is 2.13 bits per heavy atom. The Hall–Kier alpha value is -0.510. The summed E-state index contributed by atoms with van der Waals surface area (Å²) < 4.78 is 12.1. The summed E-state index contributed by atoms with van der Waals surface area (Å²) in [6, 6.07) is 2.71. The van der Waals surface area contributed by atoms with Crippen molar-refractivity contribution in [3.63, 3.8) is 0 Å². The first kappa shape index (κ1) is 14.5. The largest absolute Gasteiger partial charge is 0.507 e. The maximum absolute atomic E-state index is 12.1. The zero-order valence-corrected chi connectivity index (χ0v) is 9.91. The van der Waals surface area contributed by atoms with Crippen molar-refractivity contribution in [2.45, 2.75) is 19.4 Å². The Labute approximate surface area is 99.6 Å². The van der Waals surface area contributed by atoms with Gasteiger partial charge in [-0.1, -0.05) is 11.6 Å². The molecule has 0 aromatic heterocycles. The maximum Gasteiger partial charge on any atom is 0.123 e. The van der Waals surface area contributed by atoms with Gasteiger partial charge in [-0.15, -0.1) is 12.4 Å². The van der Waals surface area contributed by atoms with Gasteiger partial charge in [-0.25, -0.2) is 0 Å². The van der Waals surface area contributed by atoms with Gasteiger partial charge in [0.1, 0.15) is 5.75 Å². The van der Waals surface area contributed by atoms with Crippen molar-refractivity contribution >= 4 is 24.0 Å². The van der Waals surface area contributed by atoms with Gasteiger partial charge in [-0.05, 0) is 31.0 Å². The summed E-state index contributed by atoms with van der Waals surface area (Å²) >= 11 is 5.81. The normalized spacial score (nSPS) is 12.0. The summed E-state index contributed by atoms with van der Waals surface area (Å²) in [5.74, 6) is 0.107. The van der Waals surface area contributed by atoms with E-state index in [9.17, 15) is 9.50 Å². The van der Waals surface area contributed by atoms with E-state index < -0.39 is 12.7 Å². The highest BCUT2D eigenvalue weighted by Crippen LogP contribution is 2.31. The first-order chi connectivity index (χ1) is 6.56. The lowest BCUT2D eigenvalue weighted by Gasteiger charge is -2.13. The van der Waals surface area contributed by atoms with Crippen LogP contribution in [0.5, 0.6) is 5.75 Å². The molecular formula is C10H14Cl2FNO. The summed E-state index contributed by atoms with van der Waals surface area (Å²) in [5.41, 5.74) is 6.85. The number of rotatable bonds is 3. The predicted octanol–water partition coefficient (Wildman–Crippen LogP) is 3.14. The Bertz CT molecular complexity index is 333. The summed E-state index contributed by atoms with van der Waals surface area (Å²) in [4.78, 5) is 0. The van der Waals surface area contributed by atoms with E-state index in [1.54, 1.807) is 19.1 Å². The molecule has 0 aliphatic heterocycles. The molecule has 0 spiro atoms. The van der Waals surface area contributed by atoms with E-state index in [-0.39, 0.29) is 24.6 Å². The topological polar surface area (TPSA) is 46.2 Å². The smallest absolute Gasteiger partial charge is 0.123 e. The van der Waals surface area contributed by atoms with Crippen molar-refractivity contribution in [2.24, 2.45) is 5.73 Å². The van der Waals surface area contributed by atoms with Gasteiger partial charge in [0.05, 0.1) is 6.67 Å². The lowest BCUT2D eigenvalue weighted by molar-refractivity contribution is 0.423. The molecule has 86 valence electrons. The molecule has 0 amide bonds. The molecule has 0 radical (unpaired) electrons. The Morgan fingerprint density at radius 3 is 2.67 bits per heavy atom. The number of hydrogen-bond donors (Lipinski definition) is 2. The predicted molar refractivity (Wildman–Crippen MR) is 62.6 cm³/mol. The van der Waals surface area contributed by atoms with E-state index in [0.717, 1.165) is 0 Å². The summed E-state index contributed by atoms with van der Waals surface area (Å²) in [6.07, 6.45) is 0.188. The van der Waals surface area contributed by atoms with E-state index >= 15 is 0 Å². The first-order valence-corrected chi connectivity index (χ1v) is 4.74. The third-order valence-electron chi connectivity index (χ3n) is 2.11. The van der Waals surface area contributed by atoms with E-state index in [1.807, 2.05) is 0 Å². The van der Waals surface area contributed by atoms with Crippen LogP contribution in [-0.4, -0.2) is 11.8 Å². The second-order valence-corrected chi connectivity index (χ2v) is 3.68. The molecule has 3 N–H and O–H groups in total. The molecule has 5 heteroatoms. The number of phenolic OH excluding ortho intramolecular Hbond substituents is 1. The van der Waals surface area contributed by atoms with Gasteiger partial charge in [-0.2, -0.15) is 0 Å². The zero-order valence-electron chi connectivity index (χ0n) is 8.34. The molecule has 0 saturated carbocycles. The third-order valence-corrected chi connectivity index (χ3v) is 2.33. The second-order valence-electron chi connectivity index (χ2n) is 3.24. The van der Waals surface area contributed by atoms with Crippen LogP contribution in [0.2, 0.25) is 5.02 Å². The van der Waals surface area contributed by atoms with E-state index in [2.05, 4.69) is 0 Å². The molecule has 1 rings (SSSR count). The van der Waals surface area contributed by atoms with Crippen LogP contribution in [0, 0.1) is 6.92 Å². The van der Waals surface area contributed by atoms with Gasteiger partial charge < -0.3 is 10.8 Å². The zero-order chi connectivity index (χ0) is 10.7. The van der Waals surface area contributed by atoms with Crippen molar-refractivity contribution in [1.29, 1.82) is 0 Å². The van der Waals surface area contributed by atoms with Gasteiger partial charge in [0.15, 0.2) is 0 Å².